The van der Waals surface area contributed by atoms with Gasteiger partial charge in [0.15, 0.2) is 0 Å². The van der Waals surface area contributed by atoms with Gasteiger partial charge in [-0.05, 0) is 18.2 Å². The second-order valence-electron chi connectivity index (χ2n) is 5.77. The number of hydrogen-bond donors (Lipinski definition) is 1. The maximum atomic E-state index is 13.6. The fourth-order valence-electron chi connectivity index (χ4n) is 2.64. The first-order valence-corrected chi connectivity index (χ1v) is 9.26. The van der Waals surface area contributed by atoms with Crippen LogP contribution in [0.3, 0.4) is 0 Å². The molecule has 2 heterocycles. The summed E-state index contributed by atoms with van der Waals surface area (Å²) in [6, 6.07) is 17.9. The van der Waals surface area contributed by atoms with Gasteiger partial charge in [0, 0.05) is 18.0 Å². The van der Waals surface area contributed by atoms with Crippen LogP contribution in [0.2, 0.25) is 0 Å². The lowest BCUT2D eigenvalue weighted by Crippen LogP contribution is -2.15. The van der Waals surface area contributed by atoms with Crippen molar-refractivity contribution in [3.05, 3.63) is 78.9 Å². The Morgan fingerprint density at radius 1 is 1.11 bits per heavy atom. The third-order valence-electron chi connectivity index (χ3n) is 3.91. The maximum absolute atomic E-state index is 13.6. The molecule has 2 aromatic heterocycles. The average molecular weight is 378 g/mol. The average Bonchev–Trinajstić information content (AvgIpc) is 3.14. The predicted molar refractivity (Wildman–Crippen MR) is 104 cm³/mol. The quantitative estimate of drug-likeness (QED) is 0.527. The van der Waals surface area contributed by atoms with Crippen LogP contribution in [0, 0.1) is 5.82 Å². The molecule has 0 fully saturated rings. The number of para-hydroxylation sites is 1. The van der Waals surface area contributed by atoms with Crippen molar-refractivity contribution in [1.29, 1.82) is 0 Å². The van der Waals surface area contributed by atoms with Gasteiger partial charge in [0.25, 0.3) is 0 Å². The number of rotatable bonds is 5. The molecule has 1 N–H and O–H groups in total. The summed E-state index contributed by atoms with van der Waals surface area (Å²) in [4.78, 5) is 16.5. The van der Waals surface area contributed by atoms with E-state index in [9.17, 15) is 9.18 Å². The summed E-state index contributed by atoms with van der Waals surface area (Å²) in [6.45, 7) is 0. The number of amides is 1. The highest BCUT2D eigenvalue weighted by Crippen LogP contribution is 2.26. The summed E-state index contributed by atoms with van der Waals surface area (Å²) in [5.74, 6) is -0.636. The van der Waals surface area contributed by atoms with E-state index in [-0.39, 0.29) is 17.3 Å². The van der Waals surface area contributed by atoms with Gasteiger partial charge in [0.2, 0.25) is 5.91 Å². The number of benzene rings is 2. The van der Waals surface area contributed by atoms with Crippen molar-refractivity contribution >= 4 is 28.9 Å². The van der Waals surface area contributed by atoms with E-state index in [1.807, 2.05) is 36.4 Å². The molecule has 0 atom stereocenters. The highest BCUT2D eigenvalue weighted by atomic mass is 32.2. The molecule has 0 saturated heterocycles. The van der Waals surface area contributed by atoms with Crippen LogP contribution in [0.1, 0.15) is 0 Å². The summed E-state index contributed by atoms with van der Waals surface area (Å²) in [7, 11) is 0. The van der Waals surface area contributed by atoms with E-state index in [4.69, 9.17) is 0 Å². The molecule has 0 unspecified atom stereocenters. The van der Waals surface area contributed by atoms with Crippen LogP contribution in [0.4, 0.5) is 10.1 Å². The SMILES string of the molecule is O=C(CSc1nccn2nc(-c3ccccc3)cc12)Nc1ccccc1F. The van der Waals surface area contributed by atoms with Crippen molar-refractivity contribution in [3.63, 3.8) is 0 Å². The first-order valence-electron chi connectivity index (χ1n) is 8.28. The fraction of sp³-hybridized carbons (Fsp3) is 0.0500. The van der Waals surface area contributed by atoms with Crippen molar-refractivity contribution in [3.8, 4) is 11.3 Å². The number of hydrogen-bond acceptors (Lipinski definition) is 4. The second kappa shape index (κ2) is 7.59. The topological polar surface area (TPSA) is 59.3 Å². The number of fused-ring (bicyclic) bond motifs is 1. The van der Waals surface area contributed by atoms with E-state index in [1.54, 1.807) is 29.0 Å². The Kier molecular flexibility index (Phi) is 4.84. The highest BCUT2D eigenvalue weighted by molar-refractivity contribution is 8.00. The van der Waals surface area contributed by atoms with Crippen LogP contribution in [0.5, 0.6) is 0 Å². The van der Waals surface area contributed by atoms with Gasteiger partial charge in [-0.1, -0.05) is 54.2 Å². The largest absolute Gasteiger partial charge is 0.323 e. The molecule has 4 aromatic rings. The standard InChI is InChI=1S/C20H15FN4OS/c21-15-8-4-5-9-16(15)23-19(26)13-27-20-18-12-17(14-6-2-1-3-7-14)24-25(18)11-10-22-20/h1-12H,13H2,(H,23,26). The summed E-state index contributed by atoms with van der Waals surface area (Å²) >= 11 is 1.29. The Hall–Kier alpha value is -3.19. The van der Waals surface area contributed by atoms with Gasteiger partial charge in [-0.2, -0.15) is 5.10 Å². The number of thioether (sulfide) groups is 1. The zero-order valence-corrected chi connectivity index (χ0v) is 15.0. The van der Waals surface area contributed by atoms with Crippen molar-refractivity contribution in [2.45, 2.75) is 5.03 Å². The molecule has 134 valence electrons. The van der Waals surface area contributed by atoms with E-state index in [0.717, 1.165) is 16.8 Å². The van der Waals surface area contributed by atoms with E-state index in [1.165, 1.54) is 23.9 Å². The highest BCUT2D eigenvalue weighted by Gasteiger charge is 2.12. The molecular weight excluding hydrogens is 363 g/mol. The monoisotopic (exact) mass is 378 g/mol. The molecule has 7 heteroatoms. The first kappa shape index (κ1) is 17.2. The number of halogens is 1. The number of carbonyl (C=O) groups excluding carboxylic acids is 1. The lowest BCUT2D eigenvalue weighted by molar-refractivity contribution is -0.113. The van der Waals surface area contributed by atoms with E-state index >= 15 is 0 Å². The molecule has 5 nitrogen and oxygen atoms in total. The van der Waals surface area contributed by atoms with Gasteiger partial charge < -0.3 is 5.32 Å². The number of carbonyl (C=O) groups is 1. The van der Waals surface area contributed by atoms with Crippen LogP contribution < -0.4 is 5.32 Å². The first-order chi connectivity index (χ1) is 13.2. The molecule has 27 heavy (non-hydrogen) atoms. The van der Waals surface area contributed by atoms with Gasteiger partial charge in [-0.25, -0.2) is 13.9 Å². The molecule has 0 aliphatic carbocycles. The lowest BCUT2D eigenvalue weighted by Gasteiger charge is -2.06. The molecule has 0 radical (unpaired) electrons. The minimum Gasteiger partial charge on any atom is -0.323 e. The molecule has 2 aromatic carbocycles. The zero-order valence-electron chi connectivity index (χ0n) is 14.2. The Morgan fingerprint density at radius 2 is 1.89 bits per heavy atom. The van der Waals surface area contributed by atoms with E-state index in [0.29, 0.717) is 5.03 Å². The normalized spacial score (nSPS) is 10.9. The van der Waals surface area contributed by atoms with E-state index in [2.05, 4.69) is 15.4 Å². The van der Waals surface area contributed by atoms with E-state index < -0.39 is 5.82 Å². The molecule has 0 bridgehead atoms. The smallest absolute Gasteiger partial charge is 0.234 e. The molecule has 0 aliphatic rings. The van der Waals surface area contributed by atoms with Gasteiger partial charge in [0.1, 0.15) is 10.8 Å². The predicted octanol–water partition coefficient (Wildman–Crippen LogP) is 4.27. The minimum atomic E-state index is -0.459. The van der Waals surface area contributed by atoms with Crippen LogP contribution in [-0.4, -0.2) is 26.3 Å². The molecular formula is C20H15FN4OS. The van der Waals surface area contributed by atoms with Gasteiger partial charge >= 0.3 is 0 Å². The summed E-state index contributed by atoms with van der Waals surface area (Å²) in [5, 5.41) is 7.83. The third kappa shape index (κ3) is 3.83. The van der Waals surface area contributed by atoms with Crippen LogP contribution in [-0.2, 0) is 4.79 Å². The van der Waals surface area contributed by atoms with Crippen LogP contribution in [0.15, 0.2) is 78.1 Å². The van der Waals surface area contributed by atoms with Gasteiger partial charge in [0.05, 0.1) is 22.7 Å². The Morgan fingerprint density at radius 3 is 2.70 bits per heavy atom. The Balaban J connectivity index is 1.51. The lowest BCUT2D eigenvalue weighted by atomic mass is 10.1. The molecule has 0 spiro atoms. The van der Waals surface area contributed by atoms with Crippen molar-refractivity contribution in [1.82, 2.24) is 14.6 Å². The number of nitrogens with zero attached hydrogens (tertiary/aromatic N) is 3. The summed E-state index contributed by atoms with van der Waals surface area (Å²) in [6.07, 6.45) is 3.41. The Labute approximate surface area is 159 Å². The molecule has 0 aliphatic heterocycles. The van der Waals surface area contributed by atoms with Crippen molar-refractivity contribution < 1.29 is 9.18 Å². The maximum Gasteiger partial charge on any atom is 0.234 e. The summed E-state index contributed by atoms with van der Waals surface area (Å²) < 4.78 is 15.4. The second-order valence-corrected chi connectivity index (χ2v) is 6.74. The van der Waals surface area contributed by atoms with Crippen LogP contribution >= 0.6 is 11.8 Å². The number of anilines is 1. The van der Waals surface area contributed by atoms with Gasteiger partial charge in [-0.15, -0.1) is 0 Å². The van der Waals surface area contributed by atoms with Crippen LogP contribution in [0.25, 0.3) is 16.8 Å². The minimum absolute atomic E-state index is 0.118. The molecule has 4 rings (SSSR count). The molecule has 0 saturated carbocycles. The third-order valence-corrected chi connectivity index (χ3v) is 4.91. The zero-order chi connectivity index (χ0) is 18.6. The fourth-order valence-corrected chi connectivity index (χ4v) is 3.42. The molecule has 1 amide bonds. The Bertz CT molecular complexity index is 1100. The van der Waals surface area contributed by atoms with Gasteiger partial charge in [-0.3, -0.25) is 4.79 Å². The van der Waals surface area contributed by atoms with Crippen molar-refractivity contribution in [2.24, 2.45) is 0 Å². The number of nitrogens with one attached hydrogen (secondary N) is 1. The summed E-state index contributed by atoms with van der Waals surface area (Å²) in [5.41, 5.74) is 2.83. The number of aromatic nitrogens is 3. The van der Waals surface area contributed by atoms with Crippen molar-refractivity contribution in [2.75, 3.05) is 11.1 Å².